The van der Waals surface area contributed by atoms with Crippen molar-refractivity contribution in [3.63, 3.8) is 0 Å². The standard InChI is InChI=1S/C27H27NO4S.CH4/c1-17-5-3-6-18(2)27(17)24-8-4-7-23-22(24)13-14-25(23)32-21-11-9-19(10-12-21)20-15-26(29)28-33(30,31)16-20;/h3-12,20,25H,13-16H2,1-2H3,(H,28,29);1H4/t20?,25-;/m1./s1. The molecule has 6 heteroatoms. The minimum absolute atomic E-state index is 0. The fourth-order valence-electron chi connectivity index (χ4n) is 5.21. The molecule has 0 aromatic heterocycles. The molecule has 3 aromatic carbocycles. The van der Waals surface area contributed by atoms with E-state index in [1.807, 2.05) is 24.3 Å². The van der Waals surface area contributed by atoms with E-state index in [0.717, 1.165) is 24.2 Å². The van der Waals surface area contributed by atoms with Crippen molar-refractivity contribution in [2.45, 2.75) is 52.6 Å². The molecule has 0 spiro atoms. The molecule has 2 atom stereocenters. The summed E-state index contributed by atoms with van der Waals surface area (Å²) in [5.74, 6) is -0.105. The SMILES string of the molecule is C.Cc1cccc(C)c1-c1cccc2c1CC[C@H]2Oc1ccc(C2CC(=O)NS(=O)(=O)C2)cc1. The summed E-state index contributed by atoms with van der Waals surface area (Å²) in [6.07, 6.45) is 2.05. The number of hydrogen-bond acceptors (Lipinski definition) is 4. The van der Waals surface area contributed by atoms with E-state index >= 15 is 0 Å². The molecule has 1 unspecified atom stereocenters. The first-order valence-corrected chi connectivity index (χ1v) is 12.9. The van der Waals surface area contributed by atoms with Crippen LogP contribution in [0.3, 0.4) is 0 Å². The number of sulfonamides is 1. The van der Waals surface area contributed by atoms with Crippen molar-refractivity contribution in [3.8, 4) is 16.9 Å². The van der Waals surface area contributed by atoms with Gasteiger partial charge in [-0.2, -0.15) is 0 Å². The maximum absolute atomic E-state index is 11.9. The lowest BCUT2D eigenvalue weighted by atomic mass is 9.91. The largest absolute Gasteiger partial charge is 0.486 e. The highest BCUT2D eigenvalue weighted by atomic mass is 32.2. The minimum atomic E-state index is -3.56. The van der Waals surface area contributed by atoms with Gasteiger partial charge in [0.05, 0.1) is 5.75 Å². The highest BCUT2D eigenvalue weighted by molar-refractivity contribution is 7.90. The van der Waals surface area contributed by atoms with Crippen LogP contribution in [0.25, 0.3) is 11.1 Å². The minimum Gasteiger partial charge on any atom is -0.486 e. The third-order valence-corrected chi connectivity index (χ3v) is 8.10. The molecule has 34 heavy (non-hydrogen) atoms. The van der Waals surface area contributed by atoms with Crippen LogP contribution in [0, 0.1) is 13.8 Å². The van der Waals surface area contributed by atoms with Crippen molar-refractivity contribution in [1.82, 2.24) is 4.72 Å². The molecule has 1 fully saturated rings. The van der Waals surface area contributed by atoms with Crippen LogP contribution in [-0.2, 0) is 21.2 Å². The van der Waals surface area contributed by atoms with E-state index in [1.54, 1.807) is 0 Å². The van der Waals surface area contributed by atoms with Crippen molar-refractivity contribution in [2.75, 3.05) is 5.75 Å². The lowest BCUT2D eigenvalue weighted by Crippen LogP contribution is -2.40. The highest BCUT2D eigenvalue weighted by Gasteiger charge is 2.31. The molecule has 1 aliphatic heterocycles. The Hall–Kier alpha value is -3.12. The molecule has 178 valence electrons. The molecule has 1 amide bonds. The summed E-state index contributed by atoms with van der Waals surface area (Å²) in [6.45, 7) is 4.32. The number of aryl methyl sites for hydroxylation is 2. The zero-order valence-electron chi connectivity index (χ0n) is 18.8. The van der Waals surface area contributed by atoms with E-state index in [4.69, 9.17) is 4.74 Å². The second-order valence-corrected chi connectivity index (χ2v) is 10.8. The van der Waals surface area contributed by atoms with Crippen LogP contribution in [0.1, 0.15) is 60.1 Å². The van der Waals surface area contributed by atoms with Gasteiger partial charge in [0, 0.05) is 12.3 Å². The second-order valence-electron chi connectivity index (χ2n) is 9.06. The molecule has 1 heterocycles. The van der Waals surface area contributed by atoms with Crippen LogP contribution in [0.2, 0.25) is 0 Å². The molecule has 0 saturated carbocycles. The van der Waals surface area contributed by atoms with Gasteiger partial charge in [-0.05, 0) is 77.8 Å². The van der Waals surface area contributed by atoms with Crippen molar-refractivity contribution >= 4 is 15.9 Å². The number of hydrogen-bond donors (Lipinski definition) is 1. The van der Waals surface area contributed by atoms with Gasteiger partial charge in [0.15, 0.2) is 0 Å². The first kappa shape index (κ1) is 24.0. The van der Waals surface area contributed by atoms with E-state index in [0.29, 0.717) is 0 Å². The van der Waals surface area contributed by atoms with Crippen molar-refractivity contribution in [3.05, 3.63) is 88.5 Å². The monoisotopic (exact) mass is 477 g/mol. The maximum Gasteiger partial charge on any atom is 0.235 e. The van der Waals surface area contributed by atoms with E-state index < -0.39 is 15.9 Å². The van der Waals surface area contributed by atoms with Gasteiger partial charge in [-0.3, -0.25) is 9.52 Å². The fraction of sp³-hybridized carbons (Fsp3) is 0.321. The third-order valence-electron chi connectivity index (χ3n) is 6.72. The summed E-state index contributed by atoms with van der Waals surface area (Å²) in [5, 5.41) is 0. The summed E-state index contributed by atoms with van der Waals surface area (Å²) < 4.78 is 32.2. The van der Waals surface area contributed by atoms with Crippen LogP contribution in [0.4, 0.5) is 0 Å². The Kier molecular flexibility index (Phi) is 6.54. The summed E-state index contributed by atoms with van der Waals surface area (Å²) >= 11 is 0. The van der Waals surface area contributed by atoms with Gasteiger partial charge in [-0.1, -0.05) is 56.0 Å². The Morgan fingerprint density at radius 2 is 1.62 bits per heavy atom. The first-order valence-electron chi connectivity index (χ1n) is 11.3. The number of amides is 1. The molecule has 1 saturated heterocycles. The smallest absolute Gasteiger partial charge is 0.235 e. The van der Waals surface area contributed by atoms with Crippen molar-refractivity contribution < 1.29 is 17.9 Å². The molecule has 5 rings (SSSR count). The maximum atomic E-state index is 11.9. The predicted octanol–water partition coefficient (Wildman–Crippen LogP) is 5.61. The summed E-state index contributed by atoms with van der Waals surface area (Å²) in [4.78, 5) is 11.7. The molecule has 0 bridgehead atoms. The Bertz CT molecular complexity index is 1310. The van der Waals surface area contributed by atoms with Crippen LogP contribution in [-0.4, -0.2) is 20.1 Å². The highest BCUT2D eigenvalue weighted by Crippen LogP contribution is 2.41. The van der Waals surface area contributed by atoms with E-state index in [2.05, 4.69) is 55.0 Å². The summed E-state index contributed by atoms with van der Waals surface area (Å²) in [6, 6.07) is 20.4. The molecule has 2 aliphatic rings. The van der Waals surface area contributed by atoms with Gasteiger partial charge < -0.3 is 4.74 Å². The van der Waals surface area contributed by atoms with E-state index in [9.17, 15) is 13.2 Å². The van der Waals surface area contributed by atoms with Gasteiger partial charge in [-0.15, -0.1) is 0 Å². The molecule has 3 aromatic rings. The lowest BCUT2D eigenvalue weighted by molar-refractivity contribution is -0.119. The number of benzene rings is 3. The number of carbonyl (C=O) groups excluding carboxylic acids is 1. The Balaban J connectivity index is 0.00000274. The molecular formula is C28H31NO4S. The first-order chi connectivity index (χ1) is 15.8. The summed E-state index contributed by atoms with van der Waals surface area (Å²) in [7, 11) is -3.56. The quantitative estimate of drug-likeness (QED) is 0.530. The lowest BCUT2D eigenvalue weighted by Gasteiger charge is -2.23. The molecular weight excluding hydrogens is 446 g/mol. The number of nitrogens with one attached hydrogen (secondary N) is 1. The van der Waals surface area contributed by atoms with Crippen molar-refractivity contribution in [1.29, 1.82) is 0 Å². The number of fused-ring (bicyclic) bond motifs is 1. The van der Waals surface area contributed by atoms with Gasteiger partial charge in [0.1, 0.15) is 11.9 Å². The Morgan fingerprint density at radius 3 is 2.29 bits per heavy atom. The van der Waals surface area contributed by atoms with Crippen LogP contribution >= 0.6 is 0 Å². The van der Waals surface area contributed by atoms with Crippen LogP contribution < -0.4 is 9.46 Å². The van der Waals surface area contributed by atoms with Crippen LogP contribution in [0.15, 0.2) is 60.7 Å². The van der Waals surface area contributed by atoms with Crippen molar-refractivity contribution in [2.24, 2.45) is 0 Å². The number of carbonyl (C=O) groups is 1. The van der Waals surface area contributed by atoms with Gasteiger partial charge >= 0.3 is 0 Å². The molecule has 1 N–H and O–H groups in total. The van der Waals surface area contributed by atoms with Gasteiger partial charge in [0.2, 0.25) is 15.9 Å². The molecule has 5 nitrogen and oxygen atoms in total. The Labute approximate surface area is 202 Å². The van der Waals surface area contributed by atoms with E-state index in [1.165, 1.54) is 33.4 Å². The zero-order valence-corrected chi connectivity index (χ0v) is 19.6. The second kappa shape index (κ2) is 9.26. The Morgan fingerprint density at radius 1 is 0.941 bits per heavy atom. The fourth-order valence-corrected chi connectivity index (χ4v) is 6.57. The van der Waals surface area contributed by atoms with Crippen LogP contribution in [0.5, 0.6) is 5.75 Å². The van der Waals surface area contributed by atoms with Gasteiger partial charge in [-0.25, -0.2) is 8.42 Å². The number of rotatable bonds is 4. The summed E-state index contributed by atoms with van der Waals surface area (Å²) in [5.41, 5.74) is 8.59. The zero-order chi connectivity index (χ0) is 23.2. The predicted molar refractivity (Wildman–Crippen MR) is 136 cm³/mol. The van der Waals surface area contributed by atoms with E-state index in [-0.39, 0.29) is 31.6 Å². The average molecular weight is 478 g/mol. The topological polar surface area (TPSA) is 72.5 Å². The average Bonchev–Trinajstić information content (AvgIpc) is 3.16. The number of ether oxygens (including phenoxy) is 1. The third kappa shape index (κ3) is 4.60. The molecule has 1 aliphatic carbocycles. The van der Waals surface area contributed by atoms with Gasteiger partial charge in [0.25, 0.3) is 0 Å². The molecule has 0 radical (unpaired) electrons. The normalized spacial score (nSPS) is 20.7.